The van der Waals surface area contributed by atoms with Crippen molar-refractivity contribution in [1.82, 2.24) is 14.5 Å². The summed E-state index contributed by atoms with van der Waals surface area (Å²) in [6.45, 7) is 7.61. The second kappa shape index (κ2) is 10.8. The molecule has 2 heterocycles. The van der Waals surface area contributed by atoms with Gasteiger partial charge in [-0.2, -0.15) is 5.26 Å². The molecule has 1 amide bonds. The number of nitriles is 1. The van der Waals surface area contributed by atoms with Crippen LogP contribution in [0.15, 0.2) is 46.1 Å². The van der Waals surface area contributed by atoms with Crippen molar-refractivity contribution in [3.8, 4) is 6.07 Å². The lowest BCUT2D eigenvalue weighted by Crippen LogP contribution is -2.35. The molecule has 0 saturated carbocycles. The summed E-state index contributed by atoms with van der Waals surface area (Å²) in [4.78, 5) is 51.7. The molecule has 0 aliphatic rings. The zero-order valence-corrected chi connectivity index (χ0v) is 18.9. The molecule has 0 spiro atoms. The molecule has 2 aromatic heterocycles. The molecule has 1 aromatic carbocycles. The molecule has 0 fully saturated rings. The van der Waals surface area contributed by atoms with Gasteiger partial charge < -0.3 is 5.73 Å². The van der Waals surface area contributed by atoms with E-state index < -0.39 is 11.6 Å². The van der Waals surface area contributed by atoms with Crippen molar-refractivity contribution < 1.29 is 9.59 Å². The normalized spacial score (nSPS) is 10.2. The molecule has 0 radical (unpaired) electrons. The first-order chi connectivity index (χ1) is 15.6. The molecule has 0 atom stereocenters. The third-order valence-corrected chi connectivity index (χ3v) is 4.86. The first-order valence-corrected chi connectivity index (χ1v) is 10.1. The largest absolute Gasteiger partial charge is 0.364 e. The van der Waals surface area contributed by atoms with E-state index in [1.807, 2.05) is 26.8 Å². The number of pyridine rings is 1. The summed E-state index contributed by atoms with van der Waals surface area (Å²) in [6, 6.07) is 10.3. The fourth-order valence-corrected chi connectivity index (χ4v) is 3.40. The highest BCUT2D eigenvalue weighted by molar-refractivity contribution is 5.90. The monoisotopic (exact) mass is 447 g/mol. The number of carbonyl (C=O) groups is 2. The van der Waals surface area contributed by atoms with E-state index in [1.54, 1.807) is 31.2 Å². The standard InChI is InChI=1S/C15H18N4O3.C9H7NO/c1-8(2)12-9(3)19(15(22)18-14(12)21)7-10-4-5-17-11(6-10)13(16)20;1-7-2-8(5-10)4-9(3-7)6-11/h4-6,8H,7H2,1-3H3,(H2,16,20)(H,18,21,22);2-4,6H,1H3. The van der Waals surface area contributed by atoms with E-state index in [2.05, 4.69) is 9.97 Å². The van der Waals surface area contributed by atoms with Crippen molar-refractivity contribution in [3.05, 3.63) is 96.6 Å². The predicted octanol–water partition coefficient (Wildman–Crippen LogP) is 2.19. The van der Waals surface area contributed by atoms with E-state index in [-0.39, 0.29) is 23.7 Å². The Hall–Kier alpha value is -4.32. The van der Waals surface area contributed by atoms with Gasteiger partial charge in [0.15, 0.2) is 0 Å². The minimum Gasteiger partial charge on any atom is -0.364 e. The maximum absolute atomic E-state index is 12.1. The average molecular weight is 447 g/mol. The summed E-state index contributed by atoms with van der Waals surface area (Å²) in [7, 11) is 0. The number of aryl methyl sites for hydroxylation is 1. The third kappa shape index (κ3) is 6.33. The molecule has 170 valence electrons. The average Bonchev–Trinajstić information content (AvgIpc) is 2.76. The summed E-state index contributed by atoms with van der Waals surface area (Å²) in [5.41, 5.74) is 8.41. The molecule has 3 N–H and O–H groups in total. The first kappa shape index (κ1) is 24.9. The van der Waals surface area contributed by atoms with Gasteiger partial charge in [-0.1, -0.05) is 13.8 Å². The van der Waals surface area contributed by atoms with Gasteiger partial charge in [0.05, 0.1) is 18.2 Å². The SMILES string of the molecule is Cc1c(C(C)C)c(=O)[nH]c(=O)n1Cc1ccnc(C(N)=O)c1.Cc1cc(C#N)cc(C=O)c1. The summed E-state index contributed by atoms with van der Waals surface area (Å²) < 4.78 is 1.47. The number of nitrogens with zero attached hydrogens (tertiary/aromatic N) is 3. The number of H-pyrrole nitrogens is 1. The molecule has 3 rings (SSSR count). The van der Waals surface area contributed by atoms with Gasteiger partial charge in [-0.25, -0.2) is 4.79 Å². The summed E-state index contributed by atoms with van der Waals surface area (Å²) >= 11 is 0. The van der Waals surface area contributed by atoms with E-state index in [0.29, 0.717) is 27.9 Å². The fourth-order valence-electron chi connectivity index (χ4n) is 3.40. The molecule has 0 aliphatic carbocycles. The van der Waals surface area contributed by atoms with Crippen LogP contribution in [0.3, 0.4) is 0 Å². The molecular weight excluding hydrogens is 422 g/mol. The van der Waals surface area contributed by atoms with Gasteiger partial charge in [0, 0.05) is 23.0 Å². The number of hydrogen-bond acceptors (Lipinski definition) is 6. The van der Waals surface area contributed by atoms with Crippen molar-refractivity contribution in [2.75, 3.05) is 0 Å². The lowest BCUT2D eigenvalue weighted by molar-refractivity contribution is 0.0995. The van der Waals surface area contributed by atoms with E-state index in [9.17, 15) is 19.2 Å². The zero-order chi connectivity index (χ0) is 24.7. The van der Waals surface area contributed by atoms with Crippen LogP contribution in [0.25, 0.3) is 0 Å². The summed E-state index contributed by atoms with van der Waals surface area (Å²) in [5, 5.41) is 8.52. The Morgan fingerprint density at radius 3 is 2.52 bits per heavy atom. The molecule has 9 nitrogen and oxygen atoms in total. The number of carbonyl (C=O) groups excluding carboxylic acids is 2. The van der Waals surface area contributed by atoms with Gasteiger partial charge in [-0.05, 0) is 61.2 Å². The smallest absolute Gasteiger partial charge is 0.328 e. The summed E-state index contributed by atoms with van der Waals surface area (Å²) in [6.07, 6.45) is 2.21. The minimum absolute atomic E-state index is 0.00535. The van der Waals surface area contributed by atoms with E-state index in [0.717, 1.165) is 11.8 Å². The highest BCUT2D eigenvalue weighted by Crippen LogP contribution is 2.14. The Balaban J connectivity index is 0.000000294. The molecule has 0 saturated heterocycles. The van der Waals surface area contributed by atoms with Crippen LogP contribution in [-0.2, 0) is 6.54 Å². The van der Waals surface area contributed by atoms with Crippen LogP contribution in [0.2, 0.25) is 0 Å². The van der Waals surface area contributed by atoms with Crippen LogP contribution in [-0.4, -0.2) is 26.7 Å². The molecule has 0 unspecified atom stereocenters. The topological polar surface area (TPSA) is 152 Å². The first-order valence-electron chi connectivity index (χ1n) is 10.1. The van der Waals surface area contributed by atoms with Crippen molar-refractivity contribution in [2.45, 2.75) is 40.2 Å². The maximum atomic E-state index is 12.1. The Labute approximate surface area is 190 Å². The minimum atomic E-state index is -0.629. The van der Waals surface area contributed by atoms with Gasteiger partial charge in [0.25, 0.3) is 11.5 Å². The van der Waals surface area contributed by atoms with Gasteiger partial charge >= 0.3 is 5.69 Å². The number of aromatic amines is 1. The molecule has 9 heteroatoms. The molecular formula is C24H25N5O4. The fraction of sp³-hybridized carbons (Fsp3) is 0.250. The quantitative estimate of drug-likeness (QED) is 0.572. The number of rotatable bonds is 5. The van der Waals surface area contributed by atoms with Gasteiger partial charge in [0.1, 0.15) is 12.0 Å². The van der Waals surface area contributed by atoms with Gasteiger partial charge in [-0.15, -0.1) is 0 Å². The highest BCUT2D eigenvalue weighted by atomic mass is 16.2. The Morgan fingerprint density at radius 1 is 1.24 bits per heavy atom. The van der Waals surface area contributed by atoms with Gasteiger partial charge in [0.2, 0.25) is 0 Å². The van der Waals surface area contributed by atoms with Crippen molar-refractivity contribution in [1.29, 1.82) is 5.26 Å². The van der Waals surface area contributed by atoms with E-state index in [4.69, 9.17) is 11.0 Å². The zero-order valence-electron chi connectivity index (χ0n) is 18.9. The number of aldehydes is 1. The van der Waals surface area contributed by atoms with Gasteiger partial charge in [-0.3, -0.25) is 28.9 Å². The van der Waals surface area contributed by atoms with Crippen LogP contribution >= 0.6 is 0 Å². The number of nitrogens with two attached hydrogens (primary N) is 1. The number of hydrogen-bond donors (Lipinski definition) is 2. The maximum Gasteiger partial charge on any atom is 0.328 e. The molecule has 0 aliphatic heterocycles. The van der Waals surface area contributed by atoms with Crippen molar-refractivity contribution in [2.24, 2.45) is 5.73 Å². The van der Waals surface area contributed by atoms with Crippen LogP contribution in [0.5, 0.6) is 0 Å². The predicted molar refractivity (Wildman–Crippen MR) is 123 cm³/mol. The molecule has 33 heavy (non-hydrogen) atoms. The van der Waals surface area contributed by atoms with Crippen LogP contribution in [0.4, 0.5) is 0 Å². The Bertz CT molecular complexity index is 1350. The van der Waals surface area contributed by atoms with E-state index in [1.165, 1.54) is 16.8 Å². The van der Waals surface area contributed by atoms with Crippen LogP contribution in [0.1, 0.15) is 68.6 Å². The van der Waals surface area contributed by atoms with Crippen LogP contribution in [0, 0.1) is 25.2 Å². The second-order valence-corrected chi connectivity index (χ2v) is 7.77. The van der Waals surface area contributed by atoms with Crippen molar-refractivity contribution in [3.63, 3.8) is 0 Å². The summed E-state index contributed by atoms with van der Waals surface area (Å²) in [5.74, 6) is -0.635. The third-order valence-electron chi connectivity index (χ3n) is 4.86. The lowest BCUT2D eigenvalue weighted by Gasteiger charge is -2.15. The number of primary amides is 1. The molecule has 0 bridgehead atoms. The number of benzene rings is 1. The number of nitrogens with one attached hydrogen (secondary N) is 1. The Kier molecular flexibility index (Phi) is 8.18. The lowest BCUT2D eigenvalue weighted by atomic mass is 10.0. The van der Waals surface area contributed by atoms with Crippen LogP contribution < -0.4 is 17.0 Å². The second-order valence-electron chi connectivity index (χ2n) is 7.77. The number of aromatic nitrogens is 3. The highest BCUT2D eigenvalue weighted by Gasteiger charge is 2.14. The molecule has 3 aromatic rings. The Morgan fingerprint density at radius 2 is 1.94 bits per heavy atom. The number of amides is 1. The van der Waals surface area contributed by atoms with Crippen molar-refractivity contribution >= 4 is 12.2 Å². The van der Waals surface area contributed by atoms with E-state index >= 15 is 0 Å².